The van der Waals surface area contributed by atoms with Gasteiger partial charge in [-0.15, -0.1) is 0 Å². The fraction of sp³-hybridized carbons (Fsp3) is 0.207. The van der Waals surface area contributed by atoms with Crippen LogP contribution in [0.15, 0.2) is 85.2 Å². The van der Waals surface area contributed by atoms with Crippen LogP contribution in [0, 0.1) is 6.92 Å². The van der Waals surface area contributed by atoms with E-state index in [0.717, 1.165) is 33.5 Å². The summed E-state index contributed by atoms with van der Waals surface area (Å²) in [5, 5.41) is 12.2. The van der Waals surface area contributed by atoms with Crippen LogP contribution in [0.2, 0.25) is 0 Å². The summed E-state index contributed by atoms with van der Waals surface area (Å²) in [6.07, 6.45) is 3.63. The van der Waals surface area contributed by atoms with E-state index in [4.69, 9.17) is 9.84 Å². The molecule has 0 amide bonds. The Labute approximate surface area is 205 Å². The van der Waals surface area contributed by atoms with Gasteiger partial charge in [0.25, 0.3) is 0 Å². The van der Waals surface area contributed by atoms with Crippen LogP contribution in [0.3, 0.4) is 0 Å². The lowest BCUT2D eigenvalue weighted by molar-refractivity contribution is 0.0987. The molecule has 0 bridgehead atoms. The number of aliphatic hydroxyl groups is 1. The molecule has 35 heavy (non-hydrogen) atoms. The molecule has 0 aliphatic heterocycles. The molecule has 2 aromatic carbocycles. The van der Waals surface area contributed by atoms with Crippen LogP contribution >= 0.6 is 0 Å². The van der Waals surface area contributed by atoms with Gasteiger partial charge >= 0.3 is 0 Å². The molecule has 6 heteroatoms. The van der Waals surface area contributed by atoms with Crippen LogP contribution in [0.4, 0.5) is 0 Å². The third kappa shape index (κ3) is 6.38. The number of benzene rings is 2. The van der Waals surface area contributed by atoms with Gasteiger partial charge in [0.2, 0.25) is 0 Å². The van der Waals surface area contributed by atoms with Crippen molar-refractivity contribution in [3.63, 3.8) is 0 Å². The number of carbonyl (C=O) groups excluding carboxylic acids is 1. The zero-order chi connectivity index (χ0) is 24.5. The molecule has 6 nitrogen and oxygen atoms in total. The molecule has 4 aromatic rings. The lowest BCUT2D eigenvalue weighted by Gasteiger charge is -2.14. The van der Waals surface area contributed by atoms with E-state index in [2.05, 4.69) is 40.4 Å². The molecule has 0 saturated heterocycles. The zero-order valence-corrected chi connectivity index (χ0v) is 19.8. The van der Waals surface area contributed by atoms with Crippen LogP contribution in [-0.2, 0) is 19.6 Å². The molecule has 0 unspecified atom stereocenters. The van der Waals surface area contributed by atoms with E-state index < -0.39 is 0 Å². The standard InChI is InChI=1S/C29H29N3O3/c1-21-23(10-7-12-26(21)22-8-3-2-4-9-22)16-28(34)27-17-29(24(19-32-27)18-30-14-15-33)35-20-25-11-5-6-13-31-25/h2-13,17,19,30,33H,14-16,18,20H2,1H3. The molecule has 0 saturated carbocycles. The van der Waals surface area contributed by atoms with E-state index in [1.807, 2.05) is 48.5 Å². The first kappa shape index (κ1) is 24.3. The van der Waals surface area contributed by atoms with E-state index in [-0.39, 0.29) is 25.4 Å². The van der Waals surface area contributed by atoms with E-state index >= 15 is 0 Å². The van der Waals surface area contributed by atoms with Crippen LogP contribution in [0.5, 0.6) is 5.75 Å². The second-order valence-corrected chi connectivity index (χ2v) is 8.24. The second-order valence-electron chi connectivity index (χ2n) is 8.24. The van der Waals surface area contributed by atoms with Crippen molar-refractivity contribution in [3.8, 4) is 16.9 Å². The van der Waals surface area contributed by atoms with Gasteiger partial charge in [-0.2, -0.15) is 0 Å². The lowest BCUT2D eigenvalue weighted by Crippen LogP contribution is -2.19. The number of ether oxygens (including phenoxy) is 1. The number of nitrogens with one attached hydrogen (secondary N) is 1. The highest BCUT2D eigenvalue weighted by atomic mass is 16.5. The van der Waals surface area contributed by atoms with Gasteiger partial charge < -0.3 is 15.2 Å². The summed E-state index contributed by atoms with van der Waals surface area (Å²) in [5.41, 5.74) is 6.27. The first-order valence-corrected chi connectivity index (χ1v) is 11.7. The molecule has 2 heterocycles. The molecule has 178 valence electrons. The SMILES string of the molecule is Cc1c(CC(=O)c2cc(OCc3ccccn3)c(CNCCO)cn2)cccc1-c1ccccc1. The minimum atomic E-state index is -0.0733. The number of aromatic nitrogens is 2. The summed E-state index contributed by atoms with van der Waals surface area (Å²) in [7, 11) is 0. The first-order chi connectivity index (χ1) is 17.2. The van der Waals surface area contributed by atoms with Gasteiger partial charge in [0.15, 0.2) is 5.78 Å². The van der Waals surface area contributed by atoms with E-state index in [9.17, 15) is 4.79 Å². The average molecular weight is 468 g/mol. The third-order valence-electron chi connectivity index (χ3n) is 5.82. The van der Waals surface area contributed by atoms with Gasteiger partial charge in [-0.3, -0.25) is 14.8 Å². The number of rotatable bonds is 11. The highest BCUT2D eigenvalue weighted by Crippen LogP contribution is 2.27. The van der Waals surface area contributed by atoms with Gasteiger partial charge in [-0.25, -0.2) is 0 Å². The maximum absolute atomic E-state index is 13.2. The summed E-state index contributed by atoms with van der Waals surface area (Å²) < 4.78 is 6.04. The van der Waals surface area contributed by atoms with Crippen LogP contribution in [0.25, 0.3) is 11.1 Å². The molecule has 4 rings (SSSR count). The van der Waals surface area contributed by atoms with Crippen LogP contribution in [-0.4, -0.2) is 34.0 Å². The largest absolute Gasteiger partial charge is 0.487 e. The Morgan fingerprint density at radius 3 is 2.57 bits per heavy atom. The quantitative estimate of drug-likeness (QED) is 0.249. The molecule has 2 N–H and O–H groups in total. The van der Waals surface area contributed by atoms with E-state index in [0.29, 0.717) is 24.5 Å². The fourth-order valence-electron chi connectivity index (χ4n) is 3.89. The molecule has 0 aliphatic rings. The number of aliphatic hydroxyl groups excluding tert-OH is 1. The van der Waals surface area contributed by atoms with Crippen LogP contribution < -0.4 is 10.1 Å². The van der Waals surface area contributed by atoms with Gasteiger partial charge in [-0.1, -0.05) is 54.6 Å². The van der Waals surface area contributed by atoms with Crippen molar-refractivity contribution in [2.45, 2.75) is 26.5 Å². The summed E-state index contributed by atoms with van der Waals surface area (Å²) in [4.78, 5) is 22.0. The maximum atomic E-state index is 13.2. The molecule has 0 spiro atoms. The molecular weight excluding hydrogens is 438 g/mol. The minimum Gasteiger partial charge on any atom is -0.487 e. The van der Waals surface area contributed by atoms with Crippen molar-refractivity contribution >= 4 is 5.78 Å². The van der Waals surface area contributed by atoms with Crippen molar-refractivity contribution < 1.29 is 14.6 Å². The Morgan fingerprint density at radius 1 is 0.971 bits per heavy atom. The van der Waals surface area contributed by atoms with Gasteiger partial charge in [0.1, 0.15) is 18.1 Å². The topological polar surface area (TPSA) is 84.3 Å². The number of nitrogens with zero attached hydrogens (tertiary/aromatic N) is 2. The number of pyridine rings is 2. The molecule has 0 aliphatic carbocycles. The van der Waals surface area contributed by atoms with Gasteiger partial charge in [0.05, 0.1) is 12.3 Å². The van der Waals surface area contributed by atoms with Crippen molar-refractivity contribution in [1.29, 1.82) is 0 Å². The number of hydrogen-bond donors (Lipinski definition) is 2. The molecule has 0 fully saturated rings. The number of carbonyl (C=O) groups is 1. The number of ketones is 1. The Kier molecular flexibility index (Phi) is 8.33. The van der Waals surface area contributed by atoms with Gasteiger partial charge in [-0.05, 0) is 41.3 Å². The molecule has 0 radical (unpaired) electrons. The summed E-state index contributed by atoms with van der Waals surface area (Å²) in [5.74, 6) is 0.505. The third-order valence-corrected chi connectivity index (χ3v) is 5.82. The molecular formula is C29H29N3O3. The van der Waals surface area contributed by atoms with Crippen molar-refractivity contribution in [1.82, 2.24) is 15.3 Å². The Hall–Kier alpha value is -3.87. The number of hydrogen-bond acceptors (Lipinski definition) is 6. The van der Waals surface area contributed by atoms with Crippen molar-refractivity contribution in [3.05, 3.63) is 113 Å². The highest BCUT2D eigenvalue weighted by Gasteiger charge is 2.16. The fourth-order valence-corrected chi connectivity index (χ4v) is 3.89. The maximum Gasteiger partial charge on any atom is 0.185 e. The normalized spacial score (nSPS) is 10.8. The van der Waals surface area contributed by atoms with Crippen molar-refractivity contribution in [2.75, 3.05) is 13.2 Å². The summed E-state index contributed by atoms with van der Waals surface area (Å²) in [6, 6.07) is 23.6. The Bertz CT molecular complexity index is 1260. The van der Waals surface area contributed by atoms with E-state index in [1.165, 1.54) is 0 Å². The number of Topliss-reactive ketones (excluding diaryl/α,β-unsaturated/α-hetero) is 1. The first-order valence-electron chi connectivity index (χ1n) is 11.7. The molecule has 0 atom stereocenters. The van der Waals surface area contributed by atoms with Crippen LogP contribution in [0.1, 0.15) is 32.9 Å². The smallest absolute Gasteiger partial charge is 0.185 e. The van der Waals surface area contributed by atoms with Crippen molar-refractivity contribution in [2.24, 2.45) is 0 Å². The second kappa shape index (κ2) is 12.0. The monoisotopic (exact) mass is 467 g/mol. The van der Waals surface area contributed by atoms with Gasteiger partial charge in [0, 0.05) is 43.5 Å². The average Bonchev–Trinajstić information content (AvgIpc) is 2.90. The summed E-state index contributed by atoms with van der Waals surface area (Å²) in [6.45, 7) is 3.30. The van der Waals surface area contributed by atoms with E-state index in [1.54, 1.807) is 18.5 Å². The zero-order valence-electron chi connectivity index (χ0n) is 19.8. The highest BCUT2D eigenvalue weighted by molar-refractivity contribution is 5.96. The predicted octanol–water partition coefficient (Wildman–Crippen LogP) is 4.54. The molecule has 2 aromatic heterocycles. The lowest BCUT2D eigenvalue weighted by atomic mass is 9.93. The summed E-state index contributed by atoms with van der Waals surface area (Å²) >= 11 is 0. The predicted molar refractivity (Wildman–Crippen MR) is 136 cm³/mol. The Morgan fingerprint density at radius 2 is 1.80 bits per heavy atom. The Balaban J connectivity index is 1.55. The minimum absolute atomic E-state index is 0.0372.